The Hall–Kier alpha value is -2.60. The molecule has 2 aromatic heterocycles. The Morgan fingerprint density at radius 3 is 2.71 bits per heavy atom. The summed E-state index contributed by atoms with van der Waals surface area (Å²) in [4.78, 5) is 14.9. The molecule has 124 valence electrons. The van der Waals surface area contributed by atoms with Crippen molar-refractivity contribution < 1.29 is 0 Å². The lowest BCUT2D eigenvalue weighted by Gasteiger charge is -2.16. The van der Waals surface area contributed by atoms with Gasteiger partial charge in [0.15, 0.2) is 11.0 Å². The van der Waals surface area contributed by atoms with Crippen molar-refractivity contribution in [2.45, 2.75) is 6.54 Å². The van der Waals surface area contributed by atoms with Crippen LogP contribution in [0.1, 0.15) is 5.56 Å². The topological polar surface area (TPSA) is 66.0 Å². The molecule has 0 bridgehead atoms. The first-order valence-electron chi connectivity index (χ1n) is 7.58. The molecule has 0 spiro atoms. The minimum Gasteiger partial charge on any atom is -0.383 e. The minimum absolute atomic E-state index is 0.392. The highest BCUT2D eigenvalue weighted by molar-refractivity contribution is 6.32. The standard InChI is InChI=1S/C17H19ClN6/c1-19-15-16(18)21-10-22-17(15)20-9-11-8-14(24(2)3)23-13-7-5-4-6-12(11)13/h4-8,10,19H,9H2,1-3H3,(H,20,21,22). The minimum atomic E-state index is 0.392. The molecule has 2 heterocycles. The number of benzene rings is 1. The van der Waals surface area contributed by atoms with E-state index in [9.17, 15) is 0 Å². The molecule has 3 rings (SSSR count). The second-order valence-electron chi connectivity index (χ2n) is 5.54. The fourth-order valence-corrected chi connectivity index (χ4v) is 2.73. The molecule has 0 amide bonds. The molecule has 6 nitrogen and oxygen atoms in total. The summed E-state index contributed by atoms with van der Waals surface area (Å²) in [7, 11) is 5.76. The summed E-state index contributed by atoms with van der Waals surface area (Å²) in [5.74, 6) is 1.59. The molecule has 1 aromatic carbocycles. The Balaban J connectivity index is 1.97. The van der Waals surface area contributed by atoms with Crippen LogP contribution < -0.4 is 15.5 Å². The number of hydrogen-bond donors (Lipinski definition) is 2. The number of nitrogens with zero attached hydrogens (tertiary/aromatic N) is 4. The van der Waals surface area contributed by atoms with E-state index in [2.05, 4.69) is 37.7 Å². The first kappa shape index (κ1) is 16.3. The van der Waals surface area contributed by atoms with Gasteiger partial charge < -0.3 is 15.5 Å². The largest absolute Gasteiger partial charge is 0.383 e. The zero-order valence-electron chi connectivity index (χ0n) is 13.8. The zero-order valence-corrected chi connectivity index (χ0v) is 14.6. The first-order valence-corrected chi connectivity index (χ1v) is 7.96. The van der Waals surface area contributed by atoms with Gasteiger partial charge in [0.1, 0.15) is 17.8 Å². The smallest absolute Gasteiger partial charge is 0.157 e. The Morgan fingerprint density at radius 1 is 1.17 bits per heavy atom. The molecule has 7 heteroatoms. The fraction of sp³-hybridized carbons (Fsp3) is 0.235. The summed E-state index contributed by atoms with van der Waals surface area (Å²) >= 11 is 6.10. The average Bonchev–Trinajstić information content (AvgIpc) is 2.59. The van der Waals surface area contributed by atoms with Crippen molar-refractivity contribution in [3.8, 4) is 0 Å². The van der Waals surface area contributed by atoms with E-state index in [-0.39, 0.29) is 0 Å². The Labute approximate surface area is 145 Å². The maximum absolute atomic E-state index is 6.10. The second kappa shape index (κ2) is 6.88. The van der Waals surface area contributed by atoms with Crippen LogP contribution in [-0.4, -0.2) is 36.1 Å². The van der Waals surface area contributed by atoms with E-state index in [4.69, 9.17) is 11.6 Å². The lowest BCUT2D eigenvalue weighted by atomic mass is 10.1. The molecule has 2 N–H and O–H groups in total. The third-order valence-electron chi connectivity index (χ3n) is 3.74. The van der Waals surface area contributed by atoms with Crippen LogP contribution in [0, 0.1) is 0 Å². The summed E-state index contributed by atoms with van der Waals surface area (Å²) in [6, 6.07) is 10.2. The molecule has 0 atom stereocenters. The van der Waals surface area contributed by atoms with Crippen LogP contribution in [0.3, 0.4) is 0 Å². The quantitative estimate of drug-likeness (QED) is 0.693. The van der Waals surface area contributed by atoms with Crippen LogP contribution in [0.15, 0.2) is 36.7 Å². The number of rotatable bonds is 5. The normalized spacial score (nSPS) is 10.7. The molecule has 24 heavy (non-hydrogen) atoms. The van der Waals surface area contributed by atoms with Gasteiger partial charge in [0.2, 0.25) is 0 Å². The van der Waals surface area contributed by atoms with E-state index in [1.165, 1.54) is 6.33 Å². The van der Waals surface area contributed by atoms with Crippen LogP contribution in [-0.2, 0) is 6.54 Å². The number of pyridine rings is 1. The van der Waals surface area contributed by atoms with Crippen LogP contribution >= 0.6 is 11.6 Å². The molecule has 0 aliphatic rings. The fourth-order valence-electron chi connectivity index (χ4n) is 2.51. The second-order valence-corrected chi connectivity index (χ2v) is 5.90. The molecule has 0 unspecified atom stereocenters. The maximum atomic E-state index is 6.10. The van der Waals surface area contributed by atoms with Gasteiger partial charge in [-0.15, -0.1) is 0 Å². The lowest BCUT2D eigenvalue weighted by Crippen LogP contribution is -2.12. The van der Waals surface area contributed by atoms with Crippen molar-refractivity contribution in [3.05, 3.63) is 47.4 Å². The Bertz CT molecular complexity index is 865. The third kappa shape index (κ3) is 3.19. The molecule has 0 saturated carbocycles. The highest BCUT2D eigenvalue weighted by atomic mass is 35.5. The number of para-hydroxylation sites is 1. The van der Waals surface area contributed by atoms with E-state index < -0.39 is 0 Å². The molecule has 0 radical (unpaired) electrons. The van der Waals surface area contributed by atoms with E-state index >= 15 is 0 Å². The number of hydrogen-bond acceptors (Lipinski definition) is 6. The van der Waals surface area contributed by atoms with Crippen LogP contribution in [0.2, 0.25) is 5.15 Å². The van der Waals surface area contributed by atoms with Gasteiger partial charge in [-0.1, -0.05) is 29.8 Å². The number of fused-ring (bicyclic) bond motifs is 1. The van der Waals surface area contributed by atoms with Crippen molar-refractivity contribution >= 4 is 39.8 Å². The van der Waals surface area contributed by atoms with Crippen LogP contribution in [0.4, 0.5) is 17.3 Å². The predicted molar refractivity (Wildman–Crippen MR) is 100.0 cm³/mol. The molecule has 0 aliphatic heterocycles. The van der Waals surface area contributed by atoms with Crippen molar-refractivity contribution in [2.24, 2.45) is 0 Å². The van der Waals surface area contributed by atoms with Gasteiger partial charge in [-0.25, -0.2) is 15.0 Å². The highest BCUT2D eigenvalue weighted by Gasteiger charge is 2.10. The van der Waals surface area contributed by atoms with Crippen LogP contribution in [0.5, 0.6) is 0 Å². The number of nitrogens with one attached hydrogen (secondary N) is 2. The predicted octanol–water partition coefficient (Wildman–Crippen LogP) is 3.40. The molecular weight excluding hydrogens is 324 g/mol. The Morgan fingerprint density at radius 2 is 1.96 bits per heavy atom. The maximum Gasteiger partial charge on any atom is 0.157 e. The average molecular weight is 343 g/mol. The SMILES string of the molecule is CNc1c(Cl)ncnc1NCc1cc(N(C)C)nc2ccccc12. The van der Waals surface area contributed by atoms with E-state index in [0.717, 1.165) is 22.3 Å². The summed E-state index contributed by atoms with van der Waals surface area (Å²) in [5.41, 5.74) is 2.79. The number of halogens is 1. The van der Waals surface area contributed by atoms with Gasteiger partial charge in [0.25, 0.3) is 0 Å². The van der Waals surface area contributed by atoms with Gasteiger partial charge in [-0.3, -0.25) is 0 Å². The molecule has 0 fully saturated rings. The monoisotopic (exact) mass is 342 g/mol. The van der Waals surface area contributed by atoms with Gasteiger partial charge in [0.05, 0.1) is 5.52 Å². The summed E-state index contributed by atoms with van der Waals surface area (Å²) in [6.45, 7) is 0.603. The molecule has 0 saturated heterocycles. The molecular formula is C17H19ClN6. The van der Waals surface area contributed by atoms with E-state index in [1.54, 1.807) is 7.05 Å². The highest BCUT2D eigenvalue weighted by Crippen LogP contribution is 2.27. The summed E-state index contributed by atoms with van der Waals surface area (Å²) in [5, 5.41) is 7.87. The van der Waals surface area contributed by atoms with Crippen molar-refractivity contribution in [3.63, 3.8) is 0 Å². The van der Waals surface area contributed by atoms with E-state index in [1.807, 2.05) is 37.2 Å². The van der Waals surface area contributed by atoms with Crippen LogP contribution in [0.25, 0.3) is 10.9 Å². The Kier molecular flexibility index (Phi) is 4.66. The molecule has 3 aromatic rings. The summed E-state index contributed by atoms with van der Waals surface area (Å²) in [6.07, 6.45) is 1.45. The van der Waals surface area contributed by atoms with Crippen molar-refractivity contribution in [1.29, 1.82) is 0 Å². The van der Waals surface area contributed by atoms with Gasteiger partial charge in [0, 0.05) is 33.1 Å². The van der Waals surface area contributed by atoms with Crippen molar-refractivity contribution in [2.75, 3.05) is 36.7 Å². The zero-order chi connectivity index (χ0) is 17.1. The summed E-state index contributed by atoms with van der Waals surface area (Å²) < 4.78 is 0. The van der Waals surface area contributed by atoms with Gasteiger partial charge >= 0.3 is 0 Å². The first-order chi connectivity index (χ1) is 11.6. The van der Waals surface area contributed by atoms with Gasteiger partial charge in [-0.05, 0) is 17.7 Å². The lowest BCUT2D eigenvalue weighted by molar-refractivity contribution is 1.05. The molecule has 0 aliphatic carbocycles. The van der Waals surface area contributed by atoms with E-state index in [0.29, 0.717) is 23.2 Å². The number of aromatic nitrogens is 3. The number of anilines is 3. The van der Waals surface area contributed by atoms with Crippen molar-refractivity contribution in [1.82, 2.24) is 15.0 Å². The van der Waals surface area contributed by atoms with Gasteiger partial charge in [-0.2, -0.15) is 0 Å². The third-order valence-corrected chi connectivity index (χ3v) is 4.03.